The lowest BCUT2D eigenvalue weighted by Gasteiger charge is -2.14. The molecule has 4 nitrogen and oxygen atoms in total. The average Bonchev–Trinajstić information content (AvgIpc) is 3.09. The third-order valence-corrected chi connectivity index (χ3v) is 3.88. The summed E-state index contributed by atoms with van der Waals surface area (Å²) in [6, 6.07) is 18.4. The SMILES string of the molecule is C[C@@H](Cn1ccnc1)NC(=O)Cc1ccc(-c2ccccc2)cc1. The standard InChI is InChI=1S/C20H21N3O/c1-16(14-23-12-11-21-15-23)22-20(24)13-17-7-9-19(10-8-17)18-5-3-2-4-6-18/h2-12,15-16H,13-14H2,1H3,(H,22,24)/t16-/m0/s1. The highest BCUT2D eigenvalue weighted by atomic mass is 16.1. The Bertz CT molecular complexity index is 764. The lowest BCUT2D eigenvalue weighted by molar-refractivity contribution is -0.121. The zero-order valence-electron chi connectivity index (χ0n) is 13.7. The van der Waals surface area contributed by atoms with Gasteiger partial charge in [0.05, 0.1) is 12.7 Å². The first-order chi connectivity index (χ1) is 11.7. The van der Waals surface area contributed by atoms with Crippen molar-refractivity contribution in [3.63, 3.8) is 0 Å². The number of hydrogen-bond donors (Lipinski definition) is 1. The molecule has 1 N–H and O–H groups in total. The number of amides is 1. The molecule has 1 atom stereocenters. The van der Waals surface area contributed by atoms with E-state index in [-0.39, 0.29) is 11.9 Å². The molecule has 0 saturated heterocycles. The Hall–Kier alpha value is -2.88. The summed E-state index contributed by atoms with van der Waals surface area (Å²) in [6.45, 7) is 2.72. The monoisotopic (exact) mass is 319 g/mol. The summed E-state index contributed by atoms with van der Waals surface area (Å²) in [5.41, 5.74) is 3.36. The summed E-state index contributed by atoms with van der Waals surface area (Å²) in [5, 5.41) is 3.03. The highest BCUT2D eigenvalue weighted by Crippen LogP contribution is 2.19. The largest absolute Gasteiger partial charge is 0.352 e. The molecule has 0 aliphatic rings. The van der Waals surface area contributed by atoms with Crippen molar-refractivity contribution < 1.29 is 4.79 Å². The maximum absolute atomic E-state index is 12.2. The lowest BCUT2D eigenvalue weighted by Crippen LogP contribution is -2.36. The minimum absolute atomic E-state index is 0.0371. The summed E-state index contributed by atoms with van der Waals surface area (Å²) < 4.78 is 1.96. The molecule has 0 aliphatic carbocycles. The van der Waals surface area contributed by atoms with Crippen LogP contribution in [0.2, 0.25) is 0 Å². The number of rotatable bonds is 6. The van der Waals surface area contributed by atoms with E-state index in [9.17, 15) is 4.79 Å². The zero-order valence-corrected chi connectivity index (χ0v) is 13.7. The van der Waals surface area contributed by atoms with Crippen molar-refractivity contribution in [3.8, 4) is 11.1 Å². The van der Waals surface area contributed by atoms with Crippen LogP contribution in [0.25, 0.3) is 11.1 Å². The Kier molecular flexibility index (Phi) is 5.06. The molecule has 1 heterocycles. The van der Waals surface area contributed by atoms with Gasteiger partial charge in [0, 0.05) is 25.0 Å². The molecule has 3 rings (SSSR count). The summed E-state index contributed by atoms with van der Waals surface area (Å²) in [6.07, 6.45) is 5.78. The summed E-state index contributed by atoms with van der Waals surface area (Å²) >= 11 is 0. The maximum Gasteiger partial charge on any atom is 0.224 e. The van der Waals surface area contributed by atoms with Crippen LogP contribution in [-0.2, 0) is 17.8 Å². The van der Waals surface area contributed by atoms with E-state index in [1.165, 1.54) is 5.56 Å². The summed E-state index contributed by atoms with van der Waals surface area (Å²) in [7, 11) is 0. The zero-order chi connectivity index (χ0) is 16.8. The molecule has 0 spiro atoms. The Morgan fingerprint density at radius 3 is 2.46 bits per heavy atom. The number of carbonyl (C=O) groups excluding carboxylic acids is 1. The van der Waals surface area contributed by atoms with Gasteiger partial charge in [0.15, 0.2) is 0 Å². The third-order valence-electron chi connectivity index (χ3n) is 3.88. The van der Waals surface area contributed by atoms with E-state index in [2.05, 4.69) is 34.6 Å². The van der Waals surface area contributed by atoms with E-state index in [1.54, 1.807) is 12.5 Å². The van der Waals surface area contributed by atoms with Gasteiger partial charge in [-0.15, -0.1) is 0 Å². The fourth-order valence-corrected chi connectivity index (χ4v) is 2.71. The quantitative estimate of drug-likeness (QED) is 0.758. The Morgan fingerprint density at radius 2 is 1.79 bits per heavy atom. The van der Waals surface area contributed by atoms with Crippen LogP contribution in [0.3, 0.4) is 0 Å². The van der Waals surface area contributed by atoms with Gasteiger partial charge in [0.2, 0.25) is 5.91 Å². The van der Waals surface area contributed by atoms with Gasteiger partial charge < -0.3 is 9.88 Å². The van der Waals surface area contributed by atoms with Gasteiger partial charge in [-0.25, -0.2) is 4.98 Å². The van der Waals surface area contributed by atoms with Gasteiger partial charge in [0.25, 0.3) is 0 Å². The van der Waals surface area contributed by atoms with Gasteiger partial charge >= 0.3 is 0 Å². The molecule has 0 unspecified atom stereocenters. The van der Waals surface area contributed by atoms with E-state index >= 15 is 0 Å². The average molecular weight is 319 g/mol. The Balaban J connectivity index is 1.54. The predicted octanol–water partition coefficient (Wildman–Crippen LogP) is 3.30. The van der Waals surface area contributed by atoms with Gasteiger partial charge in [-0.2, -0.15) is 0 Å². The van der Waals surface area contributed by atoms with Crippen LogP contribution < -0.4 is 5.32 Å². The second kappa shape index (κ2) is 7.59. The molecule has 4 heteroatoms. The molecule has 3 aromatic rings. The van der Waals surface area contributed by atoms with Crippen molar-refractivity contribution in [2.75, 3.05) is 0 Å². The highest BCUT2D eigenvalue weighted by Gasteiger charge is 2.09. The Morgan fingerprint density at radius 1 is 1.08 bits per heavy atom. The first-order valence-electron chi connectivity index (χ1n) is 8.10. The number of nitrogens with one attached hydrogen (secondary N) is 1. The van der Waals surface area contributed by atoms with Crippen molar-refractivity contribution in [2.45, 2.75) is 25.9 Å². The van der Waals surface area contributed by atoms with Gasteiger partial charge in [-0.3, -0.25) is 4.79 Å². The fourth-order valence-electron chi connectivity index (χ4n) is 2.71. The van der Waals surface area contributed by atoms with Crippen molar-refractivity contribution >= 4 is 5.91 Å². The Labute approximate surface area is 142 Å². The number of imidazole rings is 1. The van der Waals surface area contributed by atoms with Gasteiger partial charge in [0.1, 0.15) is 0 Å². The molecule has 0 aliphatic heterocycles. The van der Waals surface area contributed by atoms with Crippen LogP contribution in [0.4, 0.5) is 0 Å². The minimum Gasteiger partial charge on any atom is -0.352 e. The molecule has 0 fully saturated rings. The van der Waals surface area contributed by atoms with Crippen molar-refractivity contribution in [3.05, 3.63) is 78.9 Å². The number of carbonyl (C=O) groups is 1. The van der Waals surface area contributed by atoms with Crippen LogP contribution in [0, 0.1) is 0 Å². The van der Waals surface area contributed by atoms with Crippen LogP contribution >= 0.6 is 0 Å². The van der Waals surface area contributed by atoms with Crippen molar-refractivity contribution in [1.82, 2.24) is 14.9 Å². The topological polar surface area (TPSA) is 46.9 Å². The molecule has 0 bridgehead atoms. The minimum atomic E-state index is 0.0371. The molecule has 24 heavy (non-hydrogen) atoms. The molecule has 0 radical (unpaired) electrons. The maximum atomic E-state index is 12.2. The molecule has 1 amide bonds. The molecule has 122 valence electrons. The third kappa shape index (κ3) is 4.32. The second-order valence-corrected chi connectivity index (χ2v) is 5.97. The predicted molar refractivity (Wildman–Crippen MR) is 95.4 cm³/mol. The van der Waals surface area contributed by atoms with E-state index in [0.717, 1.165) is 17.7 Å². The van der Waals surface area contributed by atoms with Crippen LogP contribution in [-0.4, -0.2) is 21.5 Å². The van der Waals surface area contributed by atoms with Crippen LogP contribution in [0.15, 0.2) is 73.3 Å². The first-order valence-corrected chi connectivity index (χ1v) is 8.10. The number of aromatic nitrogens is 2. The highest BCUT2D eigenvalue weighted by molar-refractivity contribution is 5.79. The van der Waals surface area contributed by atoms with E-state index in [4.69, 9.17) is 0 Å². The summed E-state index contributed by atoms with van der Waals surface area (Å²) in [5.74, 6) is 0.0371. The van der Waals surface area contributed by atoms with Gasteiger partial charge in [-0.05, 0) is 23.6 Å². The lowest BCUT2D eigenvalue weighted by atomic mass is 10.0. The number of nitrogens with zero attached hydrogens (tertiary/aromatic N) is 2. The molecule has 2 aromatic carbocycles. The molecule has 1 aromatic heterocycles. The van der Waals surface area contributed by atoms with E-state index < -0.39 is 0 Å². The second-order valence-electron chi connectivity index (χ2n) is 5.97. The first kappa shape index (κ1) is 16.0. The molecular weight excluding hydrogens is 298 g/mol. The van der Waals surface area contributed by atoms with Crippen molar-refractivity contribution in [1.29, 1.82) is 0 Å². The smallest absolute Gasteiger partial charge is 0.224 e. The van der Waals surface area contributed by atoms with Crippen molar-refractivity contribution in [2.24, 2.45) is 0 Å². The number of benzene rings is 2. The van der Waals surface area contributed by atoms with Crippen LogP contribution in [0.5, 0.6) is 0 Å². The normalized spacial score (nSPS) is 11.9. The fraction of sp³-hybridized carbons (Fsp3) is 0.200. The van der Waals surface area contributed by atoms with Gasteiger partial charge in [-0.1, -0.05) is 54.6 Å². The molecule has 0 saturated carbocycles. The van der Waals surface area contributed by atoms with E-state index in [1.807, 2.05) is 48.0 Å². The number of hydrogen-bond acceptors (Lipinski definition) is 2. The summed E-state index contributed by atoms with van der Waals surface area (Å²) in [4.78, 5) is 16.2. The van der Waals surface area contributed by atoms with Crippen LogP contribution in [0.1, 0.15) is 12.5 Å². The van der Waals surface area contributed by atoms with E-state index in [0.29, 0.717) is 6.42 Å². The molecular formula is C20H21N3O.